The molecule has 0 saturated heterocycles. The Bertz CT molecular complexity index is 492. The Morgan fingerprint density at radius 2 is 1.96 bits per heavy atom. The predicted octanol–water partition coefficient (Wildman–Crippen LogP) is 4.93. The number of nitrogens with zero attached hydrogens (tertiary/aromatic N) is 2. The van der Waals surface area contributed by atoms with E-state index in [0.29, 0.717) is 11.3 Å². The maximum atomic E-state index is 12.2. The second-order valence-electron chi connectivity index (χ2n) is 5.76. The number of hydrogen-bond donors (Lipinski definition) is 0. The predicted molar refractivity (Wildman–Crippen MR) is 98.1 cm³/mol. The molecular weight excluding hydrogens is 304 g/mol. The van der Waals surface area contributed by atoms with Crippen molar-refractivity contribution in [3.05, 3.63) is 29.8 Å². The zero-order valence-corrected chi connectivity index (χ0v) is 16.2. The molecule has 0 aliphatic carbocycles. The van der Waals surface area contributed by atoms with Crippen LogP contribution in [0.15, 0.2) is 34.2 Å². The van der Waals surface area contributed by atoms with Crippen molar-refractivity contribution in [3.63, 3.8) is 0 Å². The van der Waals surface area contributed by atoms with Gasteiger partial charge < -0.3 is 4.74 Å². The van der Waals surface area contributed by atoms with E-state index in [1.807, 2.05) is 18.2 Å². The molecule has 1 unspecified atom stereocenters. The molecule has 1 amide bonds. The average Bonchev–Trinajstić information content (AvgIpc) is 2.58. The summed E-state index contributed by atoms with van der Waals surface area (Å²) < 4.78 is 10.2. The second-order valence-corrected chi connectivity index (χ2v) is 7.20. The SMILES string of the molecule is CCCCCC(CC)Oc1ccccc1C(=O)N=N[SiH2]CCC. The highest BCUT2D eigenvalue weighted by Crippen LogP contribution is 2.23. The molecule has 4 nitrogen and oxygen atoms in total. The van der Waals surface area contributed by atoms with Crippen molar-refractivity contribution >= 4 is 15.6 Å². The molecule has 0 heterocycles. The van der Waals surface area contributed by atoms with E-state index >= 15 is 0 Å². The third-order valence-corrected chi connectivity index (χ3v) is 5.13. The average molecular weight is 335 g/mol. The Kier molecular flexibility index (Phi) is 10.2. The van der Waals surface area contributed by atoms with Crippen LogP contribution in [0.1, 0.15) is 69.7 Å². The van der Waals surface area contributed by atoms with Crippen LogP contribution in [0.5, 0.6) is 5.75 Å². The molecule has 23 heavy (non-hydrogen) atoms. The molecule has 0 saturated carbocycles. The number of amides is 1. The maximum absolute atomic E-state index is 12.2. The van der Waals surface area contributed by atoms with Crippen molar-refractivity contribution in [1.82, 2.24) is 0 Å². The summed E-state index contributed by atoms with van der Waals surface area (Å²) in [4.78, 5) is 12.2. The van der Waals surface area contributed by atoms with Gasteiger partial charge in [0.2, 0.25) is 0 Å². The van der Waals surface area contributed by atoms with Crippen molar-refractivity contribution < 1.29 is 9.53 Å². The number of unbranched alkanes of at least 4 members (excludes halogenated alkanes) is 2. The van der Waals surface area contributed by atoms with E-state index in [-0.39, 0.29) is 12.0 Å². The Morgan fingerprint density at radius 1 is 1.17 bits per heavy atom. The summed E-state index contributed by atoms with van der Waals surface area (Å²) in [5.74, 6) is 0.351. The lowest BCUT2D eigenvalue weighted by atomic mass is 10.1. The number of ether oxygens (including phenoxy) is 1. The maximum Gasteiger partial charge on any atom is 0.297 e. The van der Waals surface area contributed by atoms with E-state index in [4.69, 9.17) is 4.74 Å². The highest BCUT2D eigenvalue weighted by molar-refractivity contribution is 6.32. The van der Waals surface area contributed by atoms with Crippen molar-refractivity contribution in [2.45, 2.75) is 71.4 Å². The van der Waals surface area contributed by atoms with Gasteiger partial charge in [-0.3, -0.25) is 4.79 Å². The zero-order chi connectivity index (χ0) is 16.9. The van der Waals surface area contributed by atoms with Gasteiger partial charge in [-0.2, -0.15) is 0 Å². The molecule has 0 aromatic heterocycles. The number of carbonyl (C=O) groups is 1. The van der Waals surface area contributed by atoms with Crippen LogP contribution in [-0.2, 0) is 0 Å². The van der Waals surface area contributed by atoms with E-state index in [9.17, 15) is 4.79 Å². The van der Waals surface area contributed by atoms with Crippen LogP contribution in [-0.4, -0.2) is 21.7 Å². The van der Waals surface area contributed by atoms with Crippen LogP contribution in [0.2, 0.25) is 6.04 Å². The summed E-state index contributed by atoms with van der Waals surface area (Å²) in [6, 6.07) is 8.46. The van der Waals surface area contributed by atoms with Gasteiger partial charge in [-0.15, -0.1) is 5.11 Å². The fourth-order valence-electron chi connectivity index (χ4n) is 2.29. The molecule has 0 aliphatic rings. The number of para-hydroxylation sites is 1. The van der Waals surface area contributed by atoms with E-state index in [0.717, 1.165) is 31.7 Å². The van der Waals surface area contributed by atoms with E-state index < -0.39 is 9.68 Å². The monoisotopic (exact) mass is 334 g/mol. The van der Waals surface area contributed by atoms with Gasteiger partial charge in [0, 0.05) is 0 Å². The number of carbonyl (C=O) groups excluding carboxylic acids is 1. The van der Waals surface area contributed by atoms with Gasteiger partial charge in [0.05, 0.1) is 11.7 Å². The fraction of sp³-hybridized carbons (Fsp3) is 0.611. The lowest BCUT2D eigenvalue weighted by Crippen LogP contribution is -2.16. The first-order chi connectivity index (χ1) is 11.2. The Hall–Kier alpha value is -1.49. The van der Waals surface area contributed by atoms with Crippen LogP contribution in [0.25, 0.3) is 0 Å². The molecule has 0 spiro atoms. The fourth-order valence-corrected chi connectivity index (χ4v) is 2.98. The van der Waals surface area contributed by atoms with E-state index in [1.165, 1.54) is 12.8 Å². The second kappa shape index (κ2) is 12.0. The molecule has 128 valence electrons. The van der Waals surface area contributed by atoms with Crippen LogP contribution < -0.4 is 4.74 Å². The van der Waals surface area contributed by atoms with Crippen LogP contribution in [0.4, 0.5) is 0 Å². The molecular formula is C18H30N2O2Si. The summed E-state index contributed by atoms with van der Waals surface area (Å²) >= 11 is 0. The first kappa shape index (κ1) is 19.6. The van der Waals surface area contributed by atoms with Crippen molar-refractivity contribution in [1.29, 1.82) is 0 Å². The molecule has 1 aromatic carbocycles. The molecule has 1 rings (SSSR count). The van der Waals surface area contributed by atoms with Crippen LogP contribution in [0, 0.1) is 0 Å². The highest BCUT2D eigenvalue weighted by Gasteiger charge is 2.15. The molecule has 5 heteroatoms. The highest BCUT2D eigenvalue weighted by atomic mass is 28.2. The topological polar surface area (TPSA) is 51.0 Å². The van der Waals surface area contributed by atoms with Crippen LogP contribution in [0.3, 0.4) is 0 Å². The summed E-state index contributed by atoms with van der Waals surface area (Å²) in [6.07, 6.45) is 6.81. The summed E-state index contributed by atoms with van der Waals surface area (Å²) in [5.41, 5.74) is 0.524. The number of hydrogen-bond acceptors (Lipinski definition) is 3. The third-order valence-electron chi connectivity index (χ3n) is 3.77. The van der Waals surface area contributed by atoms with Gasteiger partial charge >= 0.3 is 0 Å². The summed E-state index contributed by atoms with van der Waals surface area (Å²) in [5, 5.41) is 3.87. The van der Waals surface area contributed by atoms with E-state index in [2.05, 4.69) is 30.7 Å². The molecule has 1 atom stereocenters. The van der Waals surface area contributed by atoms with Gasteiger partial charge in [0.15, 0.2) is 9.68 Å². The number of benzene rings is 1. The minimum Gasteiger partial charge on any atom is -0.490 e. The Morgan fingerprint density at radius 3 is 2.65 bits per heavy atom. The minimum atomic E-state index is -0.592. The normalized spacial score (nSPS) is 13.0. The van der Waals surface area contributed by atoms with Gasteiger partial charge in [0.1, 0.15) is 5.75 Å². The number of rotatable bonds is 11. The smallest absolute Gasteiger partial charge is 0.297 e. The first-order valence-electron chi connectivity index (χ1n) is 8.90. The molecule has 0 fully saturated rings. The molecule has 0 N–H and O–H groups in total. The first-order valence-corrected chi connectivity index (χ1v) is 10.5. The quantitative estimate of drug-likeness (QED) is 0.327. The summed E-state index contributed by atoms with van der Waals surface area (Å²) in [7, 11) is -0.592. The Labute approximate surface area is 142 Å². The standard InChI is InChI=1S/C18H30N2O2Si/c1-4-7-8-11-15(6-3)22-17-13-10-9-12-16(17)18(21)19-20-23-14-5-2/h9-10,12-13,15H,4-8,11,14,23H2,1-3H3. The molecule has 1 aromatic rings. The lowest BCUT2D eigenvalue weighted by molar-refractivity contribution is 0.0986. The Balaban J connectivity index is 2.71. The zero-order valence-electron chi connectivity index (χ0n) is 14.8. The van der Waals surface area contributed by atoms with Crippen molar-refractivity contribution in [2.75, 3.05) is 0 Å². The van der Waals surface area contributed by atoms with Gasteiger partial charge in [-0.1, -0.05) is 52.2 Å². The van der Waals surface area contributed by atoms with Gasteiger partial charge in [-0.05, 0) is 37.4 Å². The van der Waals surface area contributed by atoms with Gasteiger partial charge in [-0.25, -0.2) is 4.78 Å². The van der Waals surface area contributed by atoms with E-state index in [1.54, 1.807) is 6.07 Å². The molecule has 0 radical (unpaired) electrons. The lowest BCUT2D eigenvalue weighted by Gasteiger charge is -2.18. The molecule has 0 aliphatic heterocycles. The third kappa shape index (κ3) is 7.55. The van der Waals surface area contributed by atoms with Crippen molar-refractivity contribution in [3.8, 4) is 5.75 Å². The van der Waals surface area contributed by atoms with Gasteiger partial charge in [0.25, 0.3) is 5.91 Å². The summed E-state index contributed by atoms with van der Waals surface area (Å²) in [6.45, 7) is 6.44. The van der Waals surface area contributed by atoms with Crippen LogP contribution >= 0.6 is 0 Å². The minimum absolute atomic E-state index is 0.155. The molecule has 0 bridgehead atoms. The largest absolute Gasteiger partial charge is 0.490 e. The van der Waals surface area contributed by atoms with Crippen molar-refractivity contribution in [2.24, 2.45) is 9.89 Å².